The summed E-state index contributed by atoms with van der Waals surface area (Å²) in [4.78, 5) is 0. The van der Waals surface area contributed by atoms with Gasteiger partial charge in [0.2, 0.25) is 0 Å². The van der Waals surface area contributed by atoms with Gasteiger partial charge >= 0.3 is 0 Å². The Kier molecular flexibility index (Phi) is 7.07. The van der Waals surface area contributed by atoms with Crippen molar-refractivity contribution < 1.29 is 18.1 Å². The van der Waals surface area contributed by atoms with E-state index in [0.717, 1.165) is 6.42 Å². The molecular weight excluding hydrogens is 156 g/mol. The van der Waals surface area contributed by atoms with Crippen molar-refractivity contribution in [2.45, 2.75) is 26.4 Å². The summed E-state index contributed by atoms with van der Waals surface area (Å²) in [5, 5.41) is 8.36. The van der Waals surface area contributed by atoms with E-state index in [4.69, 9.17) is 9.66 Å². The molecular formula is C5H14O4S. The van der Waals surface area contributed by atoms with Crippen molar-refractivity contribution in [3.63, 3.8) is 0 Å². The fourth-order valence-electron chi connectivity index (χ4n) is 0. The van der Waals surface area contributed by atoms with Crippen LogP contribution in [-0.2, 0) is 10.1 Å². The van der Waals surface area contributed by atoms with Crippen molar-refractivity contribution in [1.82, 2.24) is 0 Å². The molecule has 0 rings (SSSR count). The van der Waals surface area contributed by atoms with Crippen LogP contribution in [0.15, 0.2) is 0 Å². The van der Waals surface area contributed by atoms with E-state index < -0.39 is 10.1 Å². The molecule has 0 saturated carbocycles. The molecule has 0 fully saturated rings. The third-order valence-corrected chi connectivity index (χ3v) is 0.591. The summed E-state index contributed by atoms with van der Waals surface area (Å²) >= 11 is 0. The first-order valence-corrected chi connectivity index (χ1v) is 4.72. The minimum Gasteiger partial charge on any atom is -0.393 e. The Morgan fingerprint density at radius 2 is 1.60 bits per heavy atom. The van der Waals surface area contributed by atoms with Crippen molar-refractivity contribution >= 4 is 10.1 Å². The second kappa shape index (κ2) is 5.64. The molecule has 0 aromatic rings. The monoisotopic (exact) mass is 170 g/mol. The number of hydrogen-bond acceptors (Lipinski definition) is 3. The largest absolute Gasteiger partial charge is 0.393 e. The zero-order valence-electron chi connectivity index (χ0n) is 6.40. The third-order valence-electron chi connectivity index (χ3n) is 0.591. The van der Waals surface area contributed by atoms with Gasteiger partial charge in [0.15, 0.2) is 0 Å². The Morgan fingerprint density at radius 1 is 1.50 bits per heavy atom. The zero-order valence-corrected chi connectivity index (χ0v) is 7.22. The predicted octanol–water partition coefficient (Wildman–Crippen LogP) is 0.281. The Bertz CT molecular complexity index is 139. The Balaban J connectivity index is 0. The molecule has 0 heterocycles. The van der Waals surface area contributed by atoms with E-state index in [1.54, 1.807) is 6.92 Å². The minimum atomic E-state index is -3.67. The number of hydrogen-bond donors (Lipinski definition) is 2. The highest BCUT2D eigenvalue weighted by atomic mass is 32.2. The zero-order chi connectivity index (χ0) is 8.78. The van der Waals surface area contributed by atoms with Gasteiger partial charge in [0.1, 0.15) is 0 Å². The number of aliphatic hydroxyl groups is 1. The van der Waals surface area contributed by atoms with Crippen molar-refractivity contribution in [3.8, 4) is 0 Å². The van der Waals surface area contributed by atoms with Crippen LogP contribution < -0.4 is 0 Å². The van der Waals surface area contributed by atoms with Crippen molar-refractivity contribution in [2.75, 3.05) is 6.26 Å². The second-order valence-corrected chi connectivity index (χ2v) is 3.46. The van der Waals surface area contributed by atoms with Crippen LogP contribution in [-0.4, -0.2) is 30.4 Å². The minimum absolute atomic E-state index is 0.116. The molecule has 0 amide bonds. The van der Waals surface area contributed by atoms with Gasteiger partial charge in [-0.25, -0.2) is 0 Å². The first-order valence-electron chi connectivity index (χ1n) is 2.88. The van der Waals surface area contributed by atoms with Crippen LogP contribution in [0.1, 0.15) is 20.3 Å². The lowest BCUT2D eigenvalue weighted by atomic mass is 10.3. The maximum absolute atomic E-state index is 9.19. The van der Waals surface area contributed by atoms with Gasteiger partial charge in [0.05, 0.1) is 12.4 Å². The van der Waals surface area contributed by atoms with Gasteiger partial charge in [-0.05, 0) is 13.3 Å². The van der Waals surface area contributed by atoms with Crippen LogP contribution in [0.2, 0.25) is 0 Å². The van der Waals surface area contributed by atoms with Gasteiger partial charge < -0.3 is 5.11 Å². The quantitative estimate of drug-likeness (QED) is 0.554. The highest BCUT2D eigenvalue weighted by Crippen LogP contribution is 1.81. The van der Waals surface area contributed by atoms with Crippen LogP contribution in [0, 0.1) is 0 Å². The second-order valence-electron chi connectivity index (χ2n) is 1.99. The van der Waals surface area contributed by atoms with Crippen LogP contribution in [0.3, 0.4) is 0 Å². The Hall–Kier alpha value is -0.130. The fraction of sp³-hybridized carbons (Fsp3) is 1.00. The summed E-state index contributed by atoms with van der Waals surface area (Å²) in [6.07, 6.45) is 1.46. The van der Waals surface area contributed by atoms with E-state index >= 15 is 0 Å². The highest BCUT2D eigenvalue weighted by Gasteiger charge is 1.82. The molecule has 4 nitrogen and oxygen atoms in total. The van der Waals surface area contributed by atoms with Crippen molar-refractivity contribution in [3.05, 3.63) is 0 Å². The normalized spacial score (nSPS) is 13.3. The maximum Gasteiger partial charge on any atom is 0.261 e. The molecule has 0 aromatic carbocycles. The molecule has 0 aromatic heterocycles. The summed E-state index contributed by atoms with van der Waals surface area (Å²) < 4.78 is 25.9. The van der Waals surface area contributed by atoms with Crippen LogP contribution >= 0.6 is 0 Å². The molecule has 0 saturated heterocycles. The summed E-state index contributed by atoms with van der Waals surface area (Å²) in [5.74, 6) is 0. The standard InChI is InChI=1S/C4H10O.CH4O3S/c1-3-4(2)5;1-5(2,3)4/h4-5H,3H2,1-2H3;1H3,(H,2,3,4)/t4-;/m0./s1. The Morgan fingerprint density at radius 3 is 1.60 bits per heavy atom. The van der Waals surface area contributed by atoms with Gasteiger partial charge in [0.25, 0.3) is 10.1 Å². The summed E-state index contributed by atoms with van der Waals surface area (Å²) in [5.41, 5.74) is 0. The summed E-state index contributed by atoms with van der Waals surface area (Å²) in [6, 6.07) is 0. The van der Waals surface area contributed by atoms with Gasteiger partial charge in [-0.1, -0.05) is 6.92 Å². The molecule has 0 radical (unpaired) electrons. The van der Waals surface area contributed by atoms with Gasteiger partial charge in [-0.15, -0.1) is 0 Å². The maximum atomic E-state index is 9.19. The van der Waals surface area contributed by atoms with E-state index in [1.807, 2.05) is 6.92 Å². The molecule has 64 valence electrons. The fourth-order valence-corrected chi connectivity index (χ4v) is 0. The van der Waals surface area contributed by atoms with Crippen molar-refractivity contribution in [2.24, 2.45) is 0 Å². The smallest absolute Gasteiger partial charge is 0.261 e. The Labute approximate surface area is 61.6 Å². The van der Waals surface area contributed by atoms with E-state index in [9.17, 15) is 8.42 Å². The van der Waals surface area contributed by atoms with Gasteiger partial charge in [0, 0.05) is 0 Å². The van der Waals surface area contributed by atoms with Crippen LogP contribution in [0.25, 0.3) is 0 Å². The molecule has 2 N–H and O–H groups in total. The average molecular weight is 170 g/mol. The third kappa shape index (κ3) is 106. The molecule has 0 unspecified atom stereocenters. The molecule has 10 heavy (non-hydrogen) atoms. The van der Waals surface area contributed by atoms with E-state index in [-0.39, 0.29) is 6.10 Å². The molecule has 0 aliphatic rings. The van der Waals surface area contributed by atoms with Gasteiger partial charge in [-0.2, -0.15) is 8.42 Å². The first-order chi connectivity index (χ1) is 4.27. The van der Waals surface area contributed by atoms with E-state index in [0.29, 0.717) is 6.26 Å². The lowest BCUT2D eigenvalue weighted by Crippen LogP contribution is -1.93. The van der Waals surface area contributed by atoms with E-state index in [1.165, 1.54) is 0 Å². The molecule has 0 bridgehead atoms. The average Bonchev–Trinajstić information content (AvgIpc) is 1.61. The lowest BCUT2D eigenvalue weighted by molar-refractivity contribution is 0.191. The van der Waals surface area contributed by atoms with E-state index in [2.05, 4.69) is 0 Å². The topological polar surface area (TPSA) is 74.6 Å². The molecule has 0 spiro atoms. The van der Waals surface area contributed by atoms with Gasteiger partial charge in [-0.3, -0.25) is 4.55 Å². The van der Waals surface area contributed by atoms with Crippen LogP contribution in [0.4, 0.5) is 0 Å². The lowest BCUT2D eigenvalue weighted by Gasteiger charge is -1.90. The molecule has 0 aliphatic carbocycles. The summed E-state index contributed by atoms with van der Waals surface area (Å²) in [6.45, 7) is 3.73. The molecule has 5 heteroatoms. The molecule has 1 atom stereocenters. The number of aliphatic hydroxyl groups excluding tert-OH is 1. The molecule has 0 aliphatic heterocycles. The highest BCUT2D eigenvalue weighted by molar-refractivity contribution is 7.85. The summed E-state index contributed by atoms with van der Waals surface area (Å²) in [7, 11) is -3.67. The SMILES string of the molecule is CC[C@H](C)O.CS(=O)(=O)O. The first kappa shape index (κ1) is 12.5. The predicted molar refractivity (Wildman–Crippen MR) is 39.4 cm³/mol. The number of rotatable bonds is 1. The van der Waals surface area contributed by atoms with Crippen molar-refractivity contribution in [1.29, 1.82) is 0 Å². The van der Waals surface area contributed by atoms with Crippen LogP contribution in [0.5, 0.6) is 0 Å².